The van der Waals surface area contributed by atoms with Crippen molar-refractivity contribution in [2.75, 3.05) is 33.4 Å². The highest BCUT2D eigenvalue weighted by Gasteiger charge is 2.53. The number of methoxy groups -OCH3 is 1. The van der Waals surface area contributed by atoms with Crippen LogP contribution < -0.4 is 10.1 Å². The second kappa shape index (κ2) is 16.7. The van der Waals surface area contributed by atoms with Gasteiger partial charge < -0.3 is 49.2 Å². The van der Waals surface area contributed by atoms with Crippen LogP contribution >= 0.6 is 0 Å². The van der Waals surface area contributed by atoms with Crippen molar-refractivity contribution in [2.24, 2.45) is 23.7 Å². The fourth-order valence-electron chi connectivity index (χ4n) is 7.76. The Kier molecular flexibility index (Phi) is 12.6. The van der Waals surface area contributed by atoms with Crippen LogP contribution in [0.5, 0.6) is 11.5 Å². The number of aliphatic hydroxyl groups is 2. The van der Waals surface area contributed by atoms with Crippen molar-refractivity contribution in [2.45, 2.75) is 85.6 Å². The first-order valence-electron chi connectivity index (χ1n) is 18.7. The van der Waals surface area contributed by atoms with Gasteiger partial charge in [0.2, 0.25) is 11.6 Å². The molecule has 304 valence electrons. The van der Waals surface area contributed by atoms with Crippen LogP contribution in [0.3, 0.4) is 0 Å². The Morgan fingerprint density at radius 1 is 0.929 bits per heavy atom. The molecule has 6 rings (SSSR count). The number of carbonyl (C=O) groups is 5. The molecule has 1 aliphatic carbocycles. The number of Topliss-reactive ketones (excluding diaryl/α,β-unsaturated/α-hetero) is 3. The van der Waals surface area contributed by atoms with E-state index in [-0.39, 0.29) is 65.7 Å². The summed E-state index contributed by atoms with van der Waals surface area (Å²) in [6.07, 6.45) is 3.44. The van der Waals surface area contributed by atoms with E-state index in [9.17, 15) is 39.3 Å². The number of amides is 1. The summed E-state index contributed by atoms with van der Waals surface area (Å²) in [5.41, 5.74) is -1.47. The molecule has 4 N–H and O–H groups in total. The number of ketones is 3. The minimum absolute atomic E-state index is 0.00230. The molecule has 0 aromatic heterocycles. The van der Waals surface area contributed by atoms with Crippen molar-refractivity contribution in [1.29, 1.82) is 0 Å². The molecule has 0 saturated carbocycles. The van der Waals surface area contributed by atoms with Crippen LogP contribution in [0.15, 0.2) is 47.5 Å². The quantitative estimate of drug-likeness (QED) is 0.325. The van der Waals surface area contributed by atoms with Gasteiger partial charge in [-0.3, -0.25) is 24.0 Å². The molecular weight excluding hydrogens is 728 g/mol. The average molecular weight is 781 g/mol. The summed E-state index contributed by atoms with van der Waals surface area (Å²) < 4.78 is 28.9. The van der Waals surface area contributed by atoms with Gasteiger partial charge in [0.25, 0.3) is 11.7 Å². The van der Waals surface area contributed by atoms with Crippen molar-refractivity contribution in [1.82, 2.24) is 10.2 Å². The van der Waals surface area contributed by atoms with Crippen LogP contribution in [0.2, 0.25) is 0 Å². The van der Waals surface area contributed by atoms with Gasteiger partial charge in [0.05, 0.1) is 54.5 Å². The lowest BCUT2D eigenvalue weighted by molar-refractivity contribution is -0.160. The topological polar surface area (TPSA) is 207 Å². The molecule has 9 atom stereocenters. The molecule has 9 unspecified atom stereocenters. The normalized spacial score (nSPS) is 31.8. The van der Waals surface area contributed by atoms with Gasteiger partial charge in [-0.2, -0.15) is 0 Å². The highest BCUT2D eigenvalue weighted by atomic mass is 16.7. The standard InChI is InChI=1S/C41H52N2O13/c1-19-11-10-12-20(2)40(51)42-30-31(43-14-17-53-18-15-43)36(49)27-28(35(30)48)34(47)24(6)38-29(27)39(50)41(8,56-38)54-16-13-26(52-9)21(3)37(55-25(7)44)23(5)33(46)22(4)32(19)45/h10-13,16,19,21-23,26,32-33,37,45-47H,14-15,17-18H2,1-9H3,(H,42,51). The number of rotatable bonds is 3. The smallest absolute Gasteiger partial charge is 0.312 e. The minimum Gasteiger partial charge on any atom is -0.507 e. The van der Waals surface area contributed by atoms with Crippen molar-refractivity contribution < 1.29 is 63.0 Å². The SMILES string of the molecule is COC1C=COC2(C)Oc3c(C)c(O)c4c(c3C2=O)C(=O)C(N2CCOCC2)=C(NC(=O)C(C)=CC=CC(C)C(O)C(C)C(O)C(C)C(OC(C)=O)C1C)C4=O. The molecule has 1 fully saturated rings. The maximum absolute atomic E-state index is 14.6. The third kappa shape index (κ3) is 7.77. The summed E-state index contributed by atoms with van der Waals surface area (Å²) in [5.74, 6) is -9.09. The highest BCUT2D eigenvalue weighted by molar-refractivity contribution is 6.32. The van der Waals surface area contributed by atoms with Crippen molar-refractivity contribution >= 4 is 29.2 Å². The number of benzene rings is 1. The van der Waals surface area contributed by atoms with E-state index in [1.54, 1.807) is 44.7 Å². The Labute approximate surface area is 325 Å². The van der Waals surface area contributed by atoms with E-state index in [1.807, 2.05) is 0 Å². The fraction of sp³-hybridized carbons (Fsp3) is 0.537. The van der Waals surface area contributed by atoms with Gasteiger partial charge in [0, 0.05) is 68.9 Å². The molecule has 1 aromatic rings. The van der Waals surface area contributed by atoms with E-state index in [2.05, 4.69) is 5.32 Å². The van der Waals surface area contributed by atoms with E-state index in [1.165, 1.54) is 53.2 Å². The first-order valence-corrected chi connectivity index (χ1v) is 18.7. The predicted molar refractivity (Wildman–Crippen MR) is 201 cm³/mol. The van der Waals surface area contributed by atoms with Gasteiger partial charge >= 0.3 is 11.8 Å². The molecule has 0 spiro atoms. The van der Waals surface area contributed by atoms with Crippen LogP contribution in [0.4, 0.5) is 0 Å². The molecule has 0 radical (unpaired) electrons. The molecule has 15 heteroatoms. The zero-order valence-electron chi connectivity index (χ0n) is 33.2. The average Bonchev–Trinajstić information content (AvgIpc) is 3.43. The van der Waals surface area contributed by atoms with Crippen LogP contribution in [-0.4, -0.2) is 113 Å². The van der Waals surface area contributed by atoms with E-state index in [0.29, 0.717) is 0 Å². The van der Waals surface area contributed by atoms with E-state index in [4.69, 9.17) is 23.7 Å². The number of fused-ring (bicyclic) bond motifs is 14. The molecule has 5 aliphatic rings. The number of allylic oxidation sites excluding steroid dienone is 4. The summed E-state index contributed by atoms with van der Waals surface area (Å²) in [6.45, 7) is 13.2. The Balaban J connectivity index is 1.67. The summed E-state index contributed by atoms with van der Waals surface area (Å²) >= 11 is 0. The number of hydrogen-bond acceptors (Lipinski definition) is 14. The van der Waals surface area contributed by atoms with Gasteiger partial charge in [0.1, 0.15) is 29.0 Å². The molecule has 1 aromatic carbocycles. The lowest BCUT2D eigenvalue weighted by atomic mass is 9.78. The summed E-state index contributed by atoms with van der Waals surface area (Å²) in [4.78, 5) is 70.9. The minimum atomic E-state index is -2.07. The lowest BCUT2D eigenvalue weighted by Gasteiger charge is -2.38. The highest BCUT2D eigenvalue weighted by Crippen LogP contribution is 2.49. The van der Waals surface area contributed by atoms with E-state index >= 15 is 0 Å². The maximum atomic E-state index is 14.6. The molecule has 4 aliphatic heterocycles. The van der Waals surface area contributed by atoms with Gasteiger partial charge in [0.15, 0.2) is 0 Å². The Bertz CT molecular complexity index is 1910. The molecule has 4 heterocycles. The zero-order chi connectivity index (χ0) is 41.4. The number of phenolic OH excluding ortho intramolecular Hbond substituents is 1. The third-order valence-electron chi connectivity index (χ3n) is 11.3. The van der Waals surface area contributed by atoms with Gasteiger partial charge in [-0.25, -0.2) is 0 Å². The number of aromatic hydroxyl groups is 1. The number of carbonyl (C=O) groups excluding carboxylic acids is 5. The largest absolute Gasteiger partial charge is 0.507 e. The maximum Gasteiger partial charge on any atom is 0.312 e. The number of nitrogens with one attached hydrogen (secondary N) is 1. The van der Waals surface area contributed by atoms with Crippen molar-refractivity contribution in [3.63, 3.8) is 0 Å². The summed E-state index contributed by atoms with van der Waals surface area (Å²) in [7, 11) is 1.43. The van der Waals surface area contributed by atoms with Crippen molar-refractivity contribution in [3.8, 4) is 11.5 Å². The Morgan fingerprint density at radius 2 is 1.59 bits per heavy atom. The summed E-state index contributed by atoms with van der Waals surface area (Å²) in [6, 6.07) is 0. The van der Waals surface area contributed by atoms with Crippen LogP contribution in [0.25, 0.3) is 0 Å². The number of esters is 1. The molecule has 5 bridgehead atoms. The zero-order valence-corrected chi connectivity index (χ0v) is 33.2. The molecule has 1 saturated heterocycles. The first-order chi connectivity index (χ1) is 26.4. The number of morpholine rings is 1. The Morgan fingerprint density at radius 3 is 2.21 bits per heavy atom. The second-order valence-electron chi connectivity index (χ2n) is 15.1. The van der Waals surface area contributed by atoms with Crippen LogP contribution in [0.1, 0.15) is 85.1 Å². The number of phenols is 1. The summed E-state index contributed by atoms with van der Waals surface area (Å²) in [5, 5.41) is 36.9. The Hall–Kier alpha value is -4.83. The number of ether oxygens (including phenoxy) is 5. The first kappa shape index (κ1) is 42.3. The van der Waals surface area contributed by atoms with Crippen LogP contribution in [0, 0.1) is 30.6 Å². The third-order valence-corrected chi connectivity index (χ3v) is 11.3. The number of nitrogens with zero attached hydrogens (tertiary/aromatic N) is 1. The van der Waals surface area contributed by atoms with E-state index in [0.717, 1.165) is 0 Å². The van der Waals surface area contributed by atoms with Crippen molar-refractivity contribution in [3.05, 3.63) is 69.8 Å². The second-order valence-corrected chi connectivity index (χ2v) is 15.1. The number of hydrogen-bond donors (Lipinski definition) is 4. The van der Waals surface area contributed by atoms with E-state index < -0.39 is 94.4 Å². The lowest BCUT2D eigenvalue weighted by Crippen LogP contribution is -2.46. The van der Waals surface area contributed by atoms with Crippen LogP contribution in [-0.2, 0) is 28.5 Å². The fourth-order valence-corrected chi connectivity index (χ4v) is 7.76. The predicted octanol–water partition coefficient (Wildman–Crippen LogP) is 3.29. The molecule has 1 amide bonds. The van der Waals surface area contributed by atoms with Gasteiger partial charge in [-0.05, 0) is 19.9 Å². The van der Waals surface area contributed by atoms with Gasteiger partial charge in [-0.15, -0.1) is 0 Å². The monoisotopic (exact) mass is 780 g/mol. The molecule has 56 heavy (non-hydrogen) atoms. The molecular formula is C41H52N2O13. The van der Waals surface area contributed by atoms with Gasteiger partial charge in [-0.1, -0.05) is 45.9 Å². The number of aliphatic hydroxyl groups excluding tert-OH is 2. The molecule has 15 nitrogen and oxygen atoms in total.